The molecule has 1 N–H and O–H groups in total. The molecule has 1 aromatic carbocycles. The predicted octanol–water partition coefficient (Wildman–Crippen LogP) is 3.53. The van der Waals surface area contributed by atoms with Crippen molar-refractivity contribution in [3.8, 4) is 0 Å². The van der Waals surface area contributed by atoms with Gasteiger partial charge in [-0.15, -0.1) is 0 Å². The van der Waals surface area contributed by atoms with Gasteiger partial charge in [-0.3, -0.25) is 4.98 Å². The van der Waals surface area contributed by atoms with Crippen molar-refractivity contribution in [2.75, 3.05) is 5.32 Å². The van der Waals surface area contributed by atoms with Gasteiger partial charge in [-0.05, 0) is 24.3 Å². The average molecular weight is 240 g/mol. The molecule has 0 fully saturated rings. The third-order valence-electron chi connectivity index (χ3n) is 1.72. The van der Waals surface area contributed by atoms with Crippen LogP contribution in [0.1, 0.15) is 0 Å². The lowest BCUT2D eigenvalue weighted by Crippen LogP contribution is -1.93. The summed E-state index contributed by atoms with van der Waals surface area (Å²) in [5.41, 5.74) is 0.885. The molecule has 3 nitrogen and oxygen atoms in total. The zero-order chi connectivity index (χ0) is 10.7. The van der Waals surface area contributed by atoms with Crippen molar-refractivity contribution >= 4 is 34.7 Å². The van der Waals surface area contributed by atoms with Crippen LogP contribution in [0.2, 0.25) is 10.2 Å². The second kappa shape index (κ2) is 4.47. The van der Waals surface area contributed by atoms with Crippen LogP contribution in [0.5, 0.6) is 0 Å². The minimum atomic E-state index is 0.356. The number of benzene rings is 1. The van der Waals surface area contributed by atoms with Gasteiger partial charge in [0.25, 0.3) is 0 Å². The Labute approximate surface area is 97.1 Å². The van der Waals surface area contributed by atoms with Crippen molar-refractivity contribution in [3.63, 3.8) is 0 Å². The van der Waals surface area contributed by atoms with Gasteiger partial charge in [0.05, 0.1) is 12.4 Å². The number of hydrogen-bond acceptors (Lipinski definition) is 3. The van der Waals surface area contributed by atoms with E-state index in [1.807, 2.05) is 12.1 Å². The minimum absolute atomic E-state index is 0.356. The van der Waals surface area contributed by atoms with Crippen molar-refractivity contribution in [3.05, 3.63) is 46.8 Å². The lowest BCUT2D eigenvalue weighted by Gasteiger charge is -2.04. The monoisotopic (exact) mass is 239 g/mol. The number of nitrogens with zero attached hydrogens (tertiary/aromatic N) is 2. The number of hydrogen-bond donors (Lipinski definition) is 1. The fourth-order valence-corrected chi connectivity index (χ4v) is 1.36. The first kappa shape index (κ1) is 10.2. The number of anilines is 2. The molecule has 0 saturated heterocycles. The summed E-state index contributed by atoms with van der Waals surface area (Å²) in [5.74, 6) is 0.602. The SMILES string of the molecule is Clc1ccc(Nc2cncc(Cl)n2)cc1. The van der Waals surface area contributed by atoms with Crippen LogP contribution in [0.4, 0.5) is 11.5 Å². The molecule has 0 atom stereocenters. The van der Waals surface area contributed by atoms with Gasteiger partial charge in [0.2, 0.25) is 0 Å². The van der Waals surface area contributed by atoms with E-state index in [2.05, 4.69) is 15.3 Å². The molecule has 0 aliphatic heterocycles. The van der Waals surface area contributed by atoms with Crippen molar-refractivity contribution < 1.29 is 0 Å². The second-order valence-corrected chi connectivity index (χ2v) is 3.68. The van der Waals surface area contributed by atoms with Gasteiger partial charge in [0.1, 0.15) is 5.15 Å². The molecule has 0 aliphatic carbocycles. The van der Waals surface area contributed by atoms with Crippen LogP contribution in [-0.2, 0) is 0 Å². The van der Waals surface area contributed by atoms with Crippen LogP contribution in [0.25, 0.3) is 0 Å². The first-order chi connectivity index (χ1) is 7.24. The summed E-state index contributed by atoms with van der Waals surface area (Å²) < 4.78 is 0. The molecular weight excluding hydrogens is 233 g/mol. The zero-order valence-corrected chi connectivity index (χ0v) is 9.13. The van der Waals surface area contributed by atoms with E-state index in [9.17, 15) is 0 Å². The van der Waals surface area contributed by atoms with E-state index in [0.29, 0.717) is 16.0 Å². The van der Waals surface area contributed by atoms with Gasteiger partial charge in [-0.1, -0.05) is 23.2 Å². The van der Waals surface area contributed by atoms with Gasteiger partial charge < -0.3 is 5.32 Å². The molecular formula is C10H7Cl2N3. The fourth-order valence-electron chi connectivity index (χ4n) is 1.08. The lowest BCUT2D eigenvalue weighted by molar-refractivity contribution is 1.20. The molecule has 76 valence electrons. The van der Waals surface area contributed by atoms with Crippen LogP contribution in [0.3, 0.4) is 0 Å². The van der Waals surface area contributed by atoms with Crippen LogP contribution >= 0.6 is 23.2 Å². The molecule has 2 rings (SSSR count). The summed E-state index contributed by atoms with van der Waals surface area (Å²) in [6, 6.07) is 7.29. The Bertz CT molecular complexity index is 456. The highest BCUT2D eigenvalue weighted by Crippen LogP contribution is 2.17. The molecule has 0 radical (unpaired) electrons. The Morgan fingerprint density at radius 2 is 1.73 bits per heavy atom. The molecule has 0 amide bonds. The van der Waals surface area contributed by atoms with Crippen molar-refractivity contribution in [1.82, 2.24) is 9.97 Å². The summed E-state index contributed by atoms with van der Waals surface area (Å²) in [4.78, 5) is 7.96. The van der Waals surface area contributed by atoms with E-state index >= 15 is 0 Å². The quantitative estimate of drug-likeness (QED) is 0.872. The Morgan fingerprint density at radius 1 is 1.00 bits per heavy atom. The molecule has 0 unspecified atom stereocenters. The first-order valence-corrected chi connectivity index (χ1v) is 5.00. The van der Waals surface area contributed by atoms with Crippen molar-refractivity contribution in [2.24, 2.45) is 0 Å². The molecule has 5 heteroatoms. The van der Waals surface area contributed by atoms with E-state index in [1.54, 1.807) is 18.3 Å². The maximum atomic E-state index is 5.76. The zero-order valence-electron chi connectivity index (χ0n) is 7.61. The summed E-state index contributed by atoms with van der Waals surface area (Å²) >= 11 is 11.5. The number of aromatic nitrogens is 2. The smallest absolute Gasteiger partial charge is 0.150 e. The average Bonchev–Trinajstić information content (AvgIpc) is 2.22. The van der Waals surface area contributed by atoms with Crippen molar-refractivity contribution in [1.29, 1.82) is 0 Å². The third kappa shape index (κ3) is 2.81. The summed E-state index contributed by atoms with van der Waals surface area (Å²) in [5, 5.41) is 4.10. The summed E-state index contributed by atoms with van der Waals surface area (Å²) in [6.45, 7) is 0. The highest BCUT2D eigenvalue weighted by atomic mass is 35.5. The highest BCUT2D eigenvalue weighted by molar-refractivity contribution is 6.30. The molecule has 2 aromatic rings. The normalized spacial score (nSPS) is 10.0. The standard InChI is InChI=1S/C10H7Cl2N3/c11-7-1-3-8(4-2-7)14-10-6-13-5-9(12)15-10/h1-6H,(H,14,15). The Balaban J connectivity index is 2.18. The summed E-state index contributed by atoms with van der Waals surface area (Å²) in [6.07, 6.45) is 3.08. The number of rotatable bonds is 2. The Hall–Kier alpha value is -1.32. The molecule has 0 spiro atoms. The van der Waals surface area contributed by atoms with E-state index in [4.69, 9.17) is 23.2 Å². The molecule has 0 saturated carbocycles. The molecule has 15 heavy (non-hydrogen) atoms. The van der Waals surface area contributed by atoms with Gasteiger partial charge in [0.15, 0.2) is 5.82 Å². The second-order valence-electron chi connectivity index (χ2n) is 2.86. The largest absolute Gasteiger partial charge is 0.339 e. The van der Waals surface area contributed by atoms with E-state index in [-0.39, 0.29) is 0 Å². The number of nitrogens with one attached hydrogen (secondary N) is 1. The van der Waals surface area contributed by atoms with Crippen LogP contribution in [-0.4, -0.2) is 9.97 Å². The van der Waals surface area contributed by atoms with Gasteiger partial charge in [-0.2, -0.15) is 0 Å². The number of halogens is 2. The highest BCUT2D eigenvalue weighted by Gasteiger charge is 1.97. The molecule has 1 heterocycles. The minimum Gasteiger partial charge on any atom is -0.339 e. The summed E-state index contributed by atoms with van der Waals surface area (Å²) in [7, 11) is 0. The van der Waals surface area contributed by atoms with Gasteiger partial charge in [-0.25, -0.2) is 4.98 Å². The Kier molecular flexibility index (Phi) is 3.04. The van der Waals surface area contributed by atoms with Gasteiger partial charge >= 0.3 is 0 Å². The maximum Gasteiger partial charge on any atom is 0.150 e. The van der Waals surface area contributed by atoms with Gasteiger partial charge in [0, 0.05) is 10.7 Å². The fraction of sp³-hybridized carbons (Fsp3) is 0. The van der Waals surface area contributed by atoms with Crippen LogP contribution in [0, 0.1) is 0 Å². The van der Waals surface area contributed by atoms with E-state index in [1.165, 1.54) is 6.20 Å². The van der Waals surface area contributed by atoms with Crippen LogP contribution < -0.4 is 5.32 Å². The van der Waals surface area contributed by atoms with Crippen molar-refractivity contribution in [2.45, 2.75) is 0 Å². The Morgan fingerprint density at radius 3 is 2.40 bits per heavy atom. The molecule has 0 bridgehead atoms. The first-order valence-electron chi connectivity index (χ1n) is 4.24. The lowest BCUT2D eigenvalue weighted by atomic mass is 10.3. The third-order valence-corrected chi connectivity index (χ3v) is 2.16. The van der Waals surface area contributed by atoms with Crippen LogP contribution in [0.15, 0.2) is 36.7 Å². The molecule has 0 aliphatic rings. The maximum absolute atomic E-state index is 5.76. The predicted molar refractivity (Wildman–Crippen MR) is 61.8 cm³/mol. The van der Waals surface area contributed by atoms with E-state index < -0.39 is 0 Å². The molecule has 1 aromatic heterocycles. The van der Waals surface area contributed by atoms with E-state index in [0.717, 1.165) is 5.69 Å². The topological polar surface area (TPSA) is 37.8 Å².